The summed E-state index contributed by atoms with van der Waals surface area (Å²) in [6, 6.07) is 3.80. The van der Waals surface area contributed by atoms with Crippen LogP contribution >= 0.6 is 15.9 Å². The maximum atomic E-state index is 5.86. The van der Waals surface area contributed by atoms with Crippen molar-refractivity contribution in [3.05, 3.63) is 70.9 Å². The van der Waals surface area contributed by atoms with Crippen LogP contribution in [0.5, 0.6) is 5.75 Å². The summed E-state index contributed by atoms with van der Waals surface area (Å²) in [7, 11) is 0. The molecule has 0 saturated carbocycles. The van der Waals surface area contributed by atoms with Gasteiger partial charge in [0, 0.05) is 45.3 Å². The van der Waals surface area contributed by atoms with Crippen molar-refractivity contribution in [1.29, 1.82) is 0 Å². The quantitative estimate of drug-likeness (QED) is 0.569. The van der Waals surface area contributed by atoms with Crippen LogP contribution in [0.15, 0.2) is 70.9 Å². The first kappa shape index (κ1) is 20.0. The van der Waals surface area contributed by atoms with Gasteiger partial charge in [0.25, 0.3) is 0 Å². The summed E-state index contributed by atoms with van der Waals surface area (Å²) in [6.07, 6.45) is 14.7. The van der Waals surface area contributed by atoms with Crippen molar-refractivity contribution in [2.75, 3.05) is 39.3 Å². The molecule has 7 heteroatoms. The molecule has 1 aromatic heterocycles. The Morgan fingerprint density at radius 3 is 2.76 bits per heavy atom. The monoisotopic (exact) mass is 459 g/mol. The Labute approximate surface area is 180 Å². The predicted octanol–water partition coefficient (Wildman–Crippen LogP) is 4.19. The van der Waals surface area contributed by atoms with E-state index in [0.717, 1.165) is 74.0 Å². The Balaban J connectivity index is 1.17. The van der Waals surface area contributed by atoms with Crippen LogP contribution in [-0.4, -0.2) is 54.1 Å². The second kappa shape index (κ2) is 9.98. The highest BCUT2D eigenvalue weighted by Gasteiger charge is 2.22. The number of aromatic nitrogens is 1. The third-order valence-electron chi connectivity index (χ3n) is 5.20. The maximum absolute atomic E-state index is 5.86. The van der Waals surface area contributed by atoms with Crippen molar-refractivity contribution in [2.24, 2.45) is 0 Å². The number of rotatable bonds is 7. The molecule has 0 unspecified atom stereocenters. The smallest absolute Gasteiger partial charge is 0.231 e. The largest absolute Gasteiger partial charge is 0.489 e. The van der Waals surface area contributed by atoms with Gasteiger partial charge in [0.05, 0.1) is 0 Å². The minimum Gasteiger partial charge on any atom is -0.489 e. The van der Waals surface area contributed by atoms with Crippen LogP contribution < -0.4 is 4.74 Å². The summed E-state index contributed by atoms with van der Waals surface area (Å²) < 4.78 is 18.2. The van der Waals surface area contributed by atoms with E-state index in [4.69, 9.17) is 14.2 Å². The summed E-state index contributed by atoms with van der Waals surface area (Å²) in [6.45, 7) is 5.28. The van der Waals surface area contributed by atoms with Gasteiger partial charge in [-0.1, -0.05) is 23.8 Å². The summed E-state index contributed by atoms with van der Waals surface area (Å²) in [5.41, 5.74) is 1.38. The van der Waals surface area contributed by atoms with E-state index in [1.165, 1.54) is 5.57 Å². The van der Waals surface area contributed by atoms with Gasteiger partial charge < -0.3 is 19.1 Å². The average Bonchev–Trinajstić information content (AvgIpc) is 2.77. The minimum atomic E-state index is 0.643. The van der Waals surface area contributed by atoms with Gasteiger partial charge >= 0.3 is 0 Å². The van der Waals surface area contributed by atoms with Gasteiger partial charge in [-0.2, -0.15) is 0 Å². The molecule has 1 aliphatic carbocycles. The standard InChI is InChI=1S/C22H26BrN3O3/c23-22-20(7-4-8-24-22)27-14-13-25-9-11-26(12-10-25)21-17-28-19(16-29-21)15-18-5-2-1-3-6-18/h1-2,4-5,7-8,16-17H,3,6,9-15H2. The molecule has 0 bridgehead atoms. The molecule has 0 spiro atoms. The molecule has 0 amide bonds. The van der Waals surface area contributed by atoms with Crippen molar-refractivity contribution in [2.45, 2.75) is 19.3 Å². The number of allylic oxidation sites excluding steroid dienone is 4. The highest BCUT2D eigenvalue weighted by atomic mass is 79.9. The molecule has 0 radical (unpaired) electrons. The van der Waals surface area contributed by atoms with Gasteiger partial charge in [0.15, 0.2) is 12.0 Å². The molecule has 3 aliphatic rings. The summed E-state index contributed by atoms with van der Waals surface area (Å²) in [5.74, 6) is 2.45. The number of halogens is 1. The SMILES string of the molecule is Brc1ncccc1OCCN1CCN(C2=COC(CC3=CC=CCC3)=CO2)CC1. The Kier molecular flexibility index (Phi) is 6.90. The minimum absolute atomic E-state index is 0.643. The van der Waals surface area contributed by atoms with E-state index in [0.29, 0.717) is 6.61 Å². The highest BCUT2D eigenvalue weighted by Crippen LogP contribution is 2.25. The molecule has 4 rings (SSSR count). The fourth-order valence-corrected chi connectivity index (χ4v) is 3.88. The summed E-state index contributed by atoms with van der Waals surface area (Å²) in [4.78, 5) is 8.80. The topological polar surface area (TPSA) is 47.1 Å². The zero-order valence-corrected chi connectivity index (χ0v) is 18.0. The molecule has 0 atom stereocenters. The Hall–Kier alpha value is -2.25. The van der Waals surface area contributed by atoms with Crippen molar-refractivity contribution in [1.82, 2.24) is 14.8 Å². The molecule has 6 nitrogen and oxygen atoms in total. The second-order valence-electron chi connectivity index (χ2n) is 7.21. The summed E-state index contributed by atoms with van der Waals surface area (Å²) >= 11 is 3.41. The molecule has 2 aliphatic heterocycles. The van der Waals surface area contributed by atoms with Gasteiger partial charge in [0.2, 0.25) is 5.88 Å². The van der Waals surface area contributed by atoms with Crippen molar-refractivity contribution in [3.63, 3.8) is 0 Å². The lowest BCUT2D eigenvalue weighted by Crippen LogP contribution is -2.47. The van der Waals surface area contributed by atoms with Gasteiger partial charge in [0.1, 0.15) is 23.2 Å². The Bertz CT molecular complexity index is 826. The van der Waals surface area contributed by atoms with Gasteiger partial charge in [-0.25, -0.2) is 4.98 Å². The van der Waals surface area contributed by atoms with E-state index < -0.39 is 0 Å². The molecule has 29 heavy (non-hydrogen) atoms. The van der Waals surface area contributed by atoms with Gasteiger partial charge in [-0.3, -0.25) is 4.90 Å². The number of pyridine rings is 1. The number of ether oxygens (including phenoxy) is 3. The first-order valence-electron chi connectivity index (χ1n) is 10.1. The molecule has 0 aromatic carbocycles. The first-order chi connectivity index (χ1) is 14.3. The van der Waals surface area contributed by atoms with Crippen LogP contribution in [0, 0.1) is 0 Å². The average molecular weight is 460 g/mol. The van der Waals surface area contributed by atoms with Crippen LogP contribution in [0.3, 0.4) is 0 Å². The van der Waals surface area contributed by atoms with Crippen LogP contribution in [0.2, 0.25) is 0 Å². The Morgan fingerprint density at radius 1 is 1.14 bits per heavy atom. The van der Waals surface area contributed by atoms with E-state index >= 15 is 0 Å². The molecule has 1 saturated heterocycles. The fraction of sp³-hybridized carbons (Fsp3) is 0.409. The molecule has 154 valence electrons. The molecular weight excluding hydrogens is 434 g/mol. The molecule has 1 fully saturated rings. The van der Waals surface area contributed by atoms with Gasteiger partial charge in [-0.05, 0) is 40.9 Å². The number of hydrogen-bond acceptors (Lipinski definition) is 6. The molecule has 0 N–H and O–H groups in total. The molecule has 1 aromatic rings. The van der Waals surface area contributed by atoms with Crippen LogP contribution in [0.4, 0.5) is 0 Å². The van der Waals surface area contributed by atoms with Crippen LogP contribution in [0.25, 0.3) is 0 Å². The van der Waals surface area contributed by atoms with E-state index in [1.54, 1.807) is 18.7 Å². The molecule has 3 heterocycles. The third-order valence-corrected chi connectivity index (χ3v) is 5.79. The van der Waals surface area contributed by atoms with E-state index in [1.807, 2.05) is 12.1 Å². The number of hydrogen-bond donors (Lipinski definition) is 0. The predicted molar refractivity (Wildman–Crippen MR) is 115 cm³/mol. The van der Waals surface area contributed by atoms with Crippen molar-refractivity contribution >= 4 is 15.9 Å². The lowest BCUT2D eigenvalue weighted by atomic mass is 10.0. The van der Waals surface area contributed by atoms with E-state index in [-0.39, 0.29) is 0 Å². The zero-order valence-electron chi connectivity index (χ0n) is 16.4. The summed E-state index contributed by atoms with van der Waals surface area (Å²) in [5, 5.41) is 0. The lowest BCUT2D eigenvalue weighted by Gasteiger charge is -2.36. The van der Waals surface area contributed by atoms with Crippen LogP contribution in [-0.2, 0) is 9.47 Å². The Morgan fingerprint density at radius 2 is 2.03 bits per heavy atom. The third kappa shape index (κ3) is 5.64. The maximum Gasteiger partial charge on any atom is 0.231 e. The second-order valence-corrected chi connectivity index (χ2v) is 7.97. The van der Waals surface area contributed by atoms with Crippen LogP contribution in [0.1, 0.15) is 19.3 Å². The first-order valence-corrected chi connectivity index (χ1v) is 10.8. The number of piperazine rings is 1. The number of nitrogens with zero attached hydrogens (tertiary/aromatic N) is 3. The van der Waals surface area contributed by atoms with Crippen molar-refractivity contribution in [3.8, 4) is 5.75 Å². The van der Waals surface area contributed by atoms with Gasteiger partial charge in [-0.15, -0.1) is 0 Å². The normalized spacial score (nSPS) is 19.6. The molecular formula is C22H26BrN3O3. The van der Waals surface area contributed by atoms with E-state index in [2.05, 4.69) is 48.9 Å². The van der Waals surface area contributed by atoms with Crippen molar-refractivity contribution < 1.29 is 14.2 Å². The van der Waals surface area contributed by atoms with E-state index in [9.17, 15) is 0 Å². The fourth-order valence-electron chi connectivity index (χ4n) is 3.52. The zero-order chi connectivity index (χ0) is 19.9. The highest BCUT2D eigenvalue weighted by molar-refractivity contribution is 9.10. The lowest BCUT2D eigenvalue weighted by molar-refractivity contribution is 0.0768.